The smallest absolute Gasteiger partial charge is 0.336 e. The Kier molecular flexibility index (Phi) is 7.68. The van der Waals surface area contributed by atoms with E-state index in [4.69, 9.17) is 25.8 Å². The summed E-state index contributed by atoms with van der Waals surface area (Å²) in [6.07, 6.45) is 1.45. The molecule has 0 radical (unpaired) electrons. The first-order chi connectivity index (χ1) is 19.7. The lowest BCUT2D eigenvalue weighted by Gasteiger charge is -2.28. The van der Waals surface area contributed by atoms with Crippen LogP contribution < -0.4 is 24.4 Å². The van der Waals surface area contributed by atoms with Crippen molar-refractivity contribution in [3.63, 3.8) is 0 Å². The van der Waals surface area contributed by atoms with Crippen molar-refractivity contribution in [3.8, 4) is 17.2 Å². The van der Waals surface area contributed by atoms with Crippen LogP contribution in [0.25, 0.3) is 16.8 Å². The molecule has 0 atom stereocenters. The van der Waals surface area contributed by atoms with E-state index in [0.717, 1.165) is 26.8 Å². The number of halogens is 1. The Morgan fingerprint density at radius 1 is 0.854 bits per heavy atom. The van der Waals surface area contributed by atoms with Crippen LogP contribution in [0.15, 0.2) is 72.3 Å². The number of carbonyl (C=O) groups is 3. The largest absolute Gasteiger partial charge is 0.495 e. The van der Waals surface area contributed by atoms with Crippen LogP contribution in [-0.4, -0.2) is 32.1 Å². The zero-order valence-corrected chi connectivity index (χ0v) is 23.7. The van der Waals surface area contributed by atoms with Gasteiger partial charge in [-0.15, -0.1) is 0 Å². The first-order valence-corrected chi connectivity index (χ1v) is 13.1. The Balaban J connectivity index is 1.60. The molecule has 1 aliphatic heterocycles. The molecule has 0 aromatic heterocycles. The number of methoxy groups -OCH3 is 2. The number of barbiturate groups is 1. The van der Waals surface area contributed by atoms with E-state index in [2.05, 4.69) is 11.4 Å². The van der Waals surface area contributed by atoms with Crippen LogP contribution in [0.4, 0.5) is 10.5 Å². The summed E-state index contributed by atoms with van der Waals surface area (Å²) in [6, 6.07) is 19.3. The number of anilines is 1. The molecule has 1 N–H and O–H groups in total. The molecule has 208 valence electrons. The molecule has 0 bridgehead atoms. The molecular weight excluding hydrogens is 544 g/mol. The fourth-order valence-corrected chi connectivity index (χ4v) is 4.88. The van der Waals surface area contributed by atoms with Crippen LogP contribution in [-0.2, 0) is 16.2 Å². The number of nitrogens with zero attached hydrogens (tertiary/aromatic N) is 1. The molecule has 1 heterocycles. The lowest BCUT2D eigenvalue weighted by molar-refractivity contribution is -0.122. The minimum atomic E-state index is -0.927. The summed E-state index contributed by atoms with van der Waals surface area (Å²) in [5.41, 5.74) is 3.65. The van der Waals surface area contributed by atoms with Crippen molar-refractivity contribution < 1.29 is 28.6 Å². The zero-order chi connectivity index (χ0) is 29.3. The van der Waals surface area contributed by atoms with Gasteiger partial charge in [-0.05, 0) is 53.5 Å². The third kappa shape index (κ3) is 5.34. The van der Waals surface area contributed by atoms with Gasteiger partial charge in [0.2, 0.25) is 0 Å². The number of fused-ring (bicyclic) bond motifs is 1. The monoisotopic (exact) mass is 570 g/mol. The highest BCUT2D eigenvalue weighted by molar-refractivity contribution is 6.40. The SMILES string of the molecule is COc1cc(N2C(=O)NC(=O)/C(=C\c3c(OCc4ccc(C)c(C)c4)ccc4ccccc34)C2=O)c(OC)cc1Cl. The van der Waals surface area contributed by atoms with Crippen molar-refractivity contribution in [3.05, 3.63) is 99.6 Å². The average molecular weight is 571 g/mol. The molecule has 41 heavy (non-hydrogen) atoms. The van der Waals surface area contributed by atoms with Gasteiger partial charge in [0, 0.05) is 17.7 Å². The van der Waals surface area contributed by atoms with E-state index in [1.807, 2.05) is 56.3 Å². The third-order valence-corrected chi connectivity index (χ3v) is 7.28. The molecule has 9 heteroatoms. The van der Waals surface area contributed by atoms with E-state index < -0.39 is 17.8 Å². The van der Waals surface area contributed by atoms with Gasteiger partial charge >= 0.3 is 6.03 Å². The number of rotatable bonds is 7. The highest BCUT2D eigenvalue weighted by Gasteiger charge is 2.39. The second kappa shape index (κ2) is 11.3. The molecule has 0 aliphatic carbocycles. The average Bonchev–Trinajstić information content (AvgIpc) is 2.96. The fraction of sp³-hybridized carbons (Fsp3) is 0.156. The van der Waals surface area contributed by atoms with E-state index in [-0.39, 0.29) is 34.4 Å². The molecule has 1 fully saturated rings. The fourth-order valence-electron chi connectivity index (χ4n) is 4.64. The lowest BCUT2D eigenvalue weighted by Crippen LogP contribution is -2.54. The summed E-state index contributed by atoms with van der Waals surface area (Å²) in [6.45, 7) is 4.36. The molecule has 0 spiro atoms. The van der Waals surface area contributed by atoms with E-state index in [1.54, 1.807) is 6.07 Å². The lowest BCUT2D eigenvalue weighted by atomic mass is 9.99. The maximum Gasteiger partial charge on any atom is 0.336 e. The normalized spacial score (nSPS) is 14.4. The second-order valence-electron chi connectivity index (χ2n) is 9.52. The molecule has 0 saturated carbocycles. The zero-order valence-electron chi connectivity index (χ0n) is 22.9. The molecule has 5 rings (SSSR count). The maximum absolute atomic E-state index is 13.8. The van der Waals surface area contributed by atoms with Crippen molar-refractivity contribution >= 4 is 52.0 Å². The maximum atomic E-state index is 13.8. The predicted molar refractivity (Wildman–Crippen MR) is 158 cm³/mol. The van der Waals surface area contributed by atoms with Crippen molar-refractivity contribution in [1.29, 1.82) is 0 Å². The molecule has 4 aromatic rings. The number of imide groups is 2. The van der Waals surface area contributed by atoms with Crippen LogP contribution in [0.3, 0.4) is 0 Å². The number of hydrogen-bond donors (Lipinski definition) is 1. The Hall–Kier alpha value is -4.82. The summed E-state index contributed by atoms with van der Waals surface area (Å²) in [7, 11) is 2.79. The Bertz CT molecular complexity index is 1750. The van der Waals surface area contributed by atoms with Gasteiger partial charge in [0.15, 0.2) is 0 Å². The number of carbonyl (C=O) groups excluding carboxylic acids is 3. The van der Waals surface area contributed by atoms with Gasteiger partial charge in [-0.3, -0.25) is 14.9 Å². The topological polar surface area (TPSA) is 94.2 Å². The molecule has 1 aliphatic rings. The molecular formula is C32H27ClN2O6. The third-order valence-electron chi connectivity index (χ3n) is 6.98. The van der Waals surface area contributed by atoms with Gasteiger partial charge < -0.3 is 14.2 Å². The van der Waals surface area contributed by atoms with Crippen LogP contribution in [0.1, 0.15) is 22.3 Å². The van der Waals surface area contributed by atoms with Crippen molar-refractivity contribution in [2.45, 2.75) is 20.5 Å². The van der Waals surface area contributed by atoms with E-state index in [9.17, 15) is 14.4 Å². The van der Waals surface area contributed by atoms with Crippen LogP contribution in [0, 0.1) is 13.8 Å². The number of hydrogen-bond acceptors (Lipinski definition) is 6. The minimum absolute atomic E-state index is 0.0683. The number of nitrogens with one attached hydrogen (secondary N) is 1. The number of aryl methyl sites for hydroxylation is 2. The molecule has 0 unspecified atom stereocenters. The van der Waals surface area contributed by atoms with Gasteiger partial charge in [-0.25, -0.2) is 9.69 Å². The van der Waals surface area contributed by atoms with Crippen LogP contribution >= 0.6 is 11.6 Å². The highest BCUT2D eigenvalue weighted by atomic mass is 35.5. The second-order valence-corrected chi connectivity index (χ2v) is 9.93. The van der Waals surface area contributed by atoms with E-state index in [0.29, 0.717) is 11.3 Å². The van der Waals surface area contributed by atoms with Crippen LogP contribution in [0.2, 0.25) is 5.02 Å². The minimum Gasteiger partial charge on any atom is -0.495 e. The van der Waals surface area contributed by atoms with Crippen LogP contribution in [0.5, 0.6) is 17.2 Å². The number of amides is 4. The number of urea groups is 1. The Morgan fingerprint density at radius 2 is 1.61 bits per heavy atom. The van der Waals surface area contributed by atoms with E-state index >= 15 is 0 Å². The van der Waals surface area contributed by atoms with Crippen molar-refractivity contribution in [1.82, 2.24) is 5.32 Å². The quantitative estimate of drug-likeness (QED) is 0.205. The first-order valence-electron chi connectivity index (χ1n) is 12.8. The molecule has 4 aromatic carbocycles. The summed E-state index contributed by atoms with van der Waals surface area (Å²) < 4.78 is 16.9. The molecule has 8 nitrogen and oxygen atoms in total. The Morgan fingerprint density at radius 3 is 2.34 bits per heavy atom. The number of benzene rings is 4. The molecule has 4 amide bonds. The standard InChI is InChI=1S/C32H27ClN2O6/c1-18-9-10-20(13-19(18)2)17-41-27-12-11-21-7-5-6-8-22(21)23(27)14-24-30(36)34-32(38)35(31(24)37)26-16-28(39-3)25(33)15-29(26)40-4/h5-16H,17H2,1-4H3,(H,34,36,38)/b24-14+. The van der Waals surface area contributed by atoms with Gasteiger partial charge in [0.1, 0.15) is 29.4 Å². The van der Waals surface area contributed by atoms with E-state index in [1.165, 1.54) is 38.0 Å². The van der Waals surface area contributed by atoms with Crippen molar-refractivity contribution in [2.24, 2.45) is 0 Å². The van der Waals surface area contributed by atoms with Gasteiger partial charge in [0.05, 0.1) is 24.9 Å². The number of ether oxygens (including phenoxy) is 3. The van der Waals surface area contributed by atoms with Gasteiger partial charge in [-0.1, -0.05) is 60.1 Å². The van der Waals surface area contributed by atoms with Gasteiger partial charge in [0.25, 0.3) is 11.8 Å². The van der Waals surface area contributed by atoms with Crippen molar-refractivity contribution in [2.75, 3.05) is 19.1 Å². The Labute approximate surface area is 242 Å². The summed E-state index contributed by atoms with van der Waals surface area (Å²) in [4.78, 5) is 40.6. The summed E-state index contributed by atoms with van der Waals surface area (Å²) in [5.74, 6) is -0.819. The first kappa shape index (κ1) is 27.7. The summed E-state index contributed by atoms with van der Waals surface area (Å²) >= 11 is 6.23. The molecule has 1 saturated heterocycles. The predicted octanol–water partition coefficient (Wildman–Crippen LogP) is 6.37. The summed E-state index contributed by atoms with van der Waals surface area (Å²) in [5, 5.41) is 4.14. The van der Waals surface area contributed by atoms with Gasteiger partial charge in [-0.2, -0.15) is 0 Å². The highest BCUT2D eigenvalue weighted by Crippen LogP contribution is 2.40.